The fourth-order valence-corrected chi connectivity index (χ4v) is 4.01. The van der Waals surface area contributed by atoms with Crippen LogP contribution in [0.25, 0.3) is 22.3 Å². The van der Waals surface area contributed by atoms with Crippen molar-refractivity contribution < 1.29 is 0 Å². The first-order valence-electron chi connectivity index (χ1n) is 9.71. The molecule has 7 heteroatoms. The Balaban J connectivity index is 1.47. The maximum absolute atomic E-state index is 9.61. The van der Waals surface area contributed by atoms with Gasteiger partial charge in [-0.1, -0.05) is 48.5 Å². The van der Waals surface area contributed by atoms with Gasteiger partial charge in [0.05, 0.1) is 11.2 Å². The minimum absolute atomic E-state index is 0.215. The number of aromatic amines is 1. The number of piperidine rings is 1. The van der Waals surface area contributed by atoms with Crippen molar-refractivity contribution in [3.05, 3.63) is 66.1 Å². The molecule has 0 unspecified atom stereocenters. The number of nitriles is 1. The normalized spacial score (nSPS) is 16.7. The molecule has 142 valence electrons. The second kappa shape index (κ2) is 7.32. The number of hydrogen-bond acceptors (Lipinski definition) is 6. The highest BCUT2D eigenvalue weighted by Crippen LogP contribution is 2.34. The van der Waals surface area contributed by atoms with E-state index in [0.717, 1.165) is 53.9 Å². The molecule has 2 aromatic heterocycles. The highest BCUT2D eigenvalue weighted by atomic mass is 15.2. The quantitative estimate of drug-likeness (QED) is 0.582. The summed E-state index contributed by atoms with van der Waals surface area (Å²) in [5.41, 5.74) is 3.03. The first-order chi connectivity index (χ1) is 14.3. The first kappa shape index (κ1) is 17.3. The van der Waals surface area contributed by atoms with Gasteiger partial charge in [0.15, 0.2) is 11.5 Å². The zero-order chi connectivity index (χ0) is 19.6. The van der Waals surface area contributed by atoms with Gasteiger partial charge >= 0.3 is 0 Å². The Kier molecular flexibility index (Phi) is 4.37. The summed E-state index contributed by atoms with van der Waals surface area (Å²) in [5, 5.41) is 26.5. The molecule has 0 saturated carbocycles. The van der Waals surface area contributed by atoms with Crippen LogP contribution in [0.3, 0.4) is 0 Å². The van der Waals surface area contributed by atoms with Crippen LogP contribution in [-0.2, 0) is 0 Å². The van der Waals surface area contributed by atoms with Crippen molar-refractivity contribution in [2.45, 2.75) is 18.8 Å². The number of nitrogens with one attached hydrogen (secondary N) is 1. The zero-order valence-corrected chi connectivity index (χ0v) is 15.8. The molecule has 1 saturated heterocycles. The van der Waals surface area contributed by atoms with E-state index in [1.54, 1.807) is 0 Å². The second-order valence-electron chi connectivity index (χ2n) is 7.22. The van der Waals surface area contributed by atoms with E-state index in [1.165, 1.54) is 0 Å². The molecule has 1 N–H and O–H groups in total. The third-order valence-corrected chi connectivity index (χ3v) is 5.41. The molecular weight excluding hydrogens is 362 g/mol. The van der Waals surface area contributed by atoms with Gasteiger partial charge in [-0.05, 0) is 18.9 Å². The minimum atomic E-state index is 0.215. The number of fused-ring (bicyclic) bond motifs is 1. The summed E-state index contributed by atoms with van der Waals surface area (Å²) < 4.78 is 0. The maximum Gasteiger partial charge on any atom is 0.187 e. The first-order valence-corrected chi connectivity index (χ1v) is 9.71. The van der Waals surface area contributed by atoms with Crippen LogP contribution in [0.15, 0.2) is 54.6 Å². The largest absolute Gasteiger partial charge is 0.368 e. The van der Waals surface area contributed by atoms with E-state index in [4.69, 9.17) is 4.98 Å². The minimum Gasteiger partial charge on any atom is -0.368 e. The third-order valence-electron chi connectivity index (χ3n) is 5.41. The van der Waals surface area contributed by atoms with Crippen LogP contribution in [-0.4, -0.2) is 38.5 Å². The van der Waals surface area contributed by atoms with Crippen molar-refractivity contribution >= 4 is 16.6 Å². The van der Waals surface area contributed by atoms with Gasteiger partial charge in [-0.3, -0.25) is 5.10 Å². The number of nitrogens with zero attached hydrogens (tertiary/aromatic N) is 6. The fraction of sp³-hybridized carbons (Fsp3) is 0.227. The molecule has 0 radical (unpaired) electrons. The van der Waals surface area contributed by atoms with Gasteiger partial charge in [0.2, 0.25) is 0 Å². The highest BCUT2D eigenvalue weighted by molar-refractivity contribution is 5.93. The summed E-state index contributed by atoms with van der Waals surface area (Å²) >= 11 is 0. The summed E-state index contributed by atoms with van der Waals surface area (Å²) in [6, 6.07) is 20.0. The van der Waals surface area contributed by atoms with Gasteiger partial charge < -0.3 is 4.90 Å². The van der Waals surface area contributed by atoms with E-state index >= 15 is 0 Å². The predicted octanol–water partition coefficient (Wildman–Crippen LogP) is 3.67. The Morgan fingerprint density at radius 3 is 2.72 bits per heavy atom. The molecule has 3 heterocycles. The Labute approximate surface area is 168 Å². The van der Waals surface area contributed by atoms with Gasteiger partial charge in [-0.15, -0.1) is 10.2 Å². The molecule has 7 nitrogen and oxygen atoms in total. The van der Waals surface area contributed by atoms with Crippen molar-refractivity contribution in [2.75, 3.05) is 18.0 Å². The summed E-state index contributed by atoms with van der Waals surface area (Å²) in [4.78, 5) is 7.00. The van der Waals surface area contributed by atoms with Crippen LogP contribution >= 0.6 is 0 Å². The Hall–Kier alpha value is -3.79. The monoisotopic (exact) mass is 381 g/mol. The van der Waals surface area contributed by atoms with E-state index in [0.29, 0.717) is 11.5 Å². The van der Waals surface area contributed by atoms with Crippen LogP contribution in [0.2, 0.25) is 0 Å². The van der Waals surface area contributed by atoms with Gasteiger partial charge in [0.1, 0.15) is 11.9 Å². The van der Waals surface area contributed by atoms with Crippen molar-refractivity contribution in [3.63, 3.8) is 0 Å². The number of anilines is 1. The lowest BCUT2D eigenvalue weighted by Gasteiger charge is -2.34. The maximum atomic E-state index is 9.61. The standard InChI is InChI=1S/C22H19N7/c23-13-19-20(17-10-4-5-11-18(17)25-26-19)29-12-6-9-16(14-29)22-24-21(27-28-22)15-7-2-1-3-8-15/h1-5,7-8,10-11,16H,6,9,12,14H2,(H,24,27,28)/t16-/m0/s1. The number of rotatable bonds is 3. The van der Waals surface area contributed by atoms with E-state index in [-0.39, 0.29) is 5.92 Å². The van der Waals surface area contributed by atoms with E-state index in [2.05, 4.69) is 31.4 Å². The molecule has 0 spiro atoms. The van der Waals surface area contributed by atoms with Crippen LogP contribution in [0.5, 0.6) is 0 Å². The van der Waals surface area contributed by atoms with Gasteiger partial charge in [0.25, 0.3) is 0 Å². The van der Waals surface area contributed by atoms with Gasteiger partial charge in [-0.25, -0.2) is 4.98 Å². The number of aromatic nitrogens is 5. The molecule has 1 aliphatic rings. The second-order valence-corrected chi connectivity index (χ2v) is 7.22. The van der Waals surface area contributed by atoms with Gasteiger partial charge in [0, 0.05) is 30.0 Å². The predicted molar refractivity (Wildman–Crippen MR) is 110 cm³/mol. The lowest BCUT2D eigenvalue weighted by Crippen LogP contribution is -2.35. The topological polar surface area (TPSA) is 94.4 Å². The van der Waals surface area contributed by atoms with Crippen LogP contribution in [0, 0.1) is 11.3 Å². The van der Waals surface area contributed by atoms with E-state index in [9.17, 15) is 5.26 Å². The van der Waals surface area contributed by atoms with Crippen LogP contribution in [0.4, 0.5) is 5.69 Å². The van der Waals surface area contributed by atoms with Crippen molar-refractivity contribution in [2.24, 2.45) is 0 Å². The number of H-pyrrole nitrogens is 1. The Morgan fingerprint density at radius 1 is 1.03 bits per heavy atom. The molecule has 0 aliphatic carbocycles. The van der Waals surface area contributed by atoms with Crippen molar-refractivity contribution in [3.8, 4) is 17.5 Å². The summed E-state index contributed by atoms with van der Waals surface area (Å²) in [6.45, 7) is 1.63. The molecule has 1 fully saturated rings. The lowest BCUT2D eigenvalue weighted by atomic mass is 9.96. The summed E-state index contributed by atoms with van der Waals surface area (Å²) in [5.74, 6) is 1.82. The molecular formula is C22H19N7. The highest BCUT2D eigenvalue weighted by Gasteiger charge is 2.27. The smallest absolute Gasteiger partial charge is 0.187 e. The molecule has 4 aromatic rings. The van der Waals surface area contributed by atoms with E-state index in [1.807, 2.05) is 54.6 Å². The summed E-state index contributed by atoms with van der Waals surface area (Å²) in [7, 11) is 0. The zero-order valence-electron chi connectivity index (χ0n) is 15.8. The molecule has 5 rings (SSSR count). The molecule has 2 aromatic carbocycles. The average Bonchev–Trinajstić information content (AvgIpc) is 3.29. The number of benzene rings is 2. The van der Waals surface area contributed by atoms with Crippen molar-refractivity contribution in [1.82, 2.24) is 25.4 Å². The molecule has 0 amide bonds. The SMILES string of the molecule is N#Cc1nnc2ccccc2c1N1CCC[C@H](c2nc(-c3ccccc3)n[nH]2)C1. The lowest BCUT2D eigenvalue weighted by molar-refractivity contribution is 0.492. The molecule has 0 bridgehead atoms. The molecule has 29 heavy (non-hydrogen) atoms. The average molecular weight is 381 g/mol. The molecule has 1 aliphatic heterocycles. The van der Waals surface area contributed by atoms with Gasteiger partial charge in [-0.2, -0.15) is 10.4 Å². The molecule has 1 atom stereocenters. The third kappa shape index (κ3) is 3.19. The van der Waals surface area contributed by atoms with Crippen molar-refractivity contribution in [1.29, 1.82) is 5.26 Å². The van der Waals surface area contributed by atoms with Crippen LogP contribution in [0.1, 0.15) is 30.3 Å². The van der Waals surface area contributed by atoms with Crippen LogP contribution < -0.4 is 4.90 Å². The summed E-state index contributed by atoms with van der Waals surface area (Å²) in [6.07, 6.45) is 2.03. The fourth-order valence-electron chi connectivity index (χ4n) is 4.01. The number of hydrogen-bond donors (Lipinski definition) is 1. The van der Waals surface area contributed by atoms with E-state index < -0.39 is 0 Å². The Morgan fingerprint density at radius 2 is 1.86 bits per heavy atom. The Bertz CT molecular complexity index is 1190.